The fourth-order valence-electron chi connectivity index (χ4n) is 1.79. The third kappa shape index (κ3) is 4.39. The van der Waals surface area contributed by atoms with Crippen molar-refractivity contribution in [2.45, 2.75) is 13.5 Å². The Bertz CT molecular complexity index is 606. The Kier molecular flexibility index (Phi) is 5.41. The van der Waals surface area contributed by atoms with Crippen molar-refractivity contribution in [3.05, 3.63) is 48.2 Å². The van der Waals surface area contributed by atoms with Gasteiger partial charge in [-0.15, -0.1) is 0 Å². The maximum Gasteiger partial charge on any atom is 0.237 e. The normalized spacial score (nSPS) is 9.71. The van der Waals surface area contributed by atoms with E-state index < -0.39 is 0 Å². The van der Waals surface area contributed by atoms with Crippen molar-refractivity contribution >= 4 is 5.69 Å². The third-order valence-corrected chi connectivity index (χ3v) is 2.76. The van der Waals surface area contributed by atoms with Crippen LogP contribution in [0.25, 0.3) is 0 Å². The van der Waals surface area contributed by atoms with Gasteiger partial charge in [0.2, 0.25) is 5.88 Å². The fourth-order valence-corrected chi connectivity index (χ4v) is 1.79. The molecule has 5 heteroatoms. The van der Waals surface area contributed by atoms with E-state index in [0.717, 1.165) is 11.3 Å². The van der Waals surface area contributed by atoms with E-state index in [4.69, 9.17) is 14.7 Å². The summed E-state index contributed by atoms with van der Waals surface area (Å²) in [7, 11) is 0. The molecule has 108 valence electrons. The summed E-state index contributed by atoms with van der Waals surface area (Å²) < 4.78 is 10.7. The van der Waals surface area contributed by atoms with Gasteiger partial charge in [0, 0.05) is 12.7 Å². The Labute approximate surface area is 124 Å². The van der Waals surface area contributed by atoms with Gasteiger partial charge in [-0.05, 0) is 36.8 Å². The molecule has 0 aliphatic rings. The lowest BCUT2D eigenvalue weighted by Crippen LogP contribution is -2.04. The number of nitrogens with zero attached hydrogens (tertiary/aromatic N) is 2. The molecule has 5 nitrogen and oxygen atoms in total. The zero-order chi connectivity index (χ0) is 14.9. The van der Waals surface area contributed by atoms with E-state index in [-0.39, 0.29) is 6.61 Å². The van der Waals surface area contributed by atoms with Crippen LogP contribution in [0.4, 0.5) is 5.69 Å². The van der Waals surface area contributed by atoms with E-state index in [0.29, 0.717) is 24.8 Å². The van der Waals surface area contributed by atoms with Gasteiger partial charge in [-0.25, -0.2) is 4.98 Å². The molecule has 0 amide bonds. The minimum Gasteiger partial charge on any atom is -0.479 e. The lowest BCUT2D eigenvalue weighted by atomic mass is 10.2. The van der Waals surface area contributed by atoms with Gasteiger partial charge >= 0.3 is 0 Å². The second kappa shape index (κ2) is 7.75. The molecule has 0 bridgehead atoms. The van der Waals surface area contributed by atoms with Crippen LogP contribution in [0.2, 0.25) is 0 Å². The summed E-state index contributed by atoms with van der Waals surface area (Å²) in [4.78, 5) is 4.19. The van der Waals surface area contributed by atoms with Crippen molar-refractivity contribution in [3.8, 4) is 17.7 Å². The average Bonchev–Trinajstić information content (AvgIpc) is 2.53. The van der Waals surface area contributed by atoms with Crippen molar-refractivity contribution in [2.75, 3.05) is 18.5 Å². The van der Waals surface area contributed by atoms with Crippen molar-refractivity contribution in [1.29, 1.82) is 5.26 Å². The summed E-state index contributed by atoms with van der Waals surface area (Å²) in [6.07, 6.45) is 1.71. The number of rotatable bonds is 7. The molecule has 0 radical (unpaired) electrons. The van der Waals surface area contributed by atoms with Gasteiger partial charge < -0.3 is 14.8 Å². The van der Waals surface area contributed by atoms with E-state index >= 15 is 0 Å². The van der Waals surface area contributed by atoms with E-state index in [1.165, 1.54) is 0 Å². The van der Waals surface area contributed by atoms with Crippen LogP contribution >= 0.6 is 0 Å². The minimum absolute atomic E-state index is 0.0605. The molecule has 1 N–H and O–H groups in total. The van der Waals surface area contributed by atoms with Crippen LogP contribution in [0.3, 0.4) is 0 Å². The topological polar surface area (TPSA) is 67.2 Å². The number of hydrogen-bond donors (Lipinski definition) is 1. The molecule has 2 aromatic rings. The van der Waals surface area contributed by atoms with Crippen LogP contribution in [0, 0.1) is 11.3 Å². The van der Waals surface area contributed by atoms with Crippen molar-refractivity contribution in [3.63, 3.8) is 0 Å². The predicted octanol–water partition coefficient (Wildman–Crippen LogP) is 2.99. The third-order valence-electron chi connectivity index (χ3n) is 2.76. The number of nitriles is 1. The number of benzene rings is 1. The number of aromatic nitrogens is 1. The number of ether oxygens (including phenoxy) is 2. The van der Waals surface area contributed by atoms with Crippen LogP contribution in [0.1, 0.15) is 12.5 Å². The van der Waals surface area contributed by atoms with Crippen LogP contribution in [-0.2, 0) is 6.54 Å². The Morgan fingerprint density at radius 3 is 2.71 bits per heavy atom. The Morgan fingerprint density at radius 2 is 2.00 bits per heavy atom. The molecule has 0 saturated carbocycles. The van der Waals surface area contributed by atoms with Crippen LogP contribution in [0.15, 0.2) is 42.6 Å². The van der Waals surface area contributed by atoms with Gasteiger partial charge in [-0.3, -0.25) is 0 Å². The quantitative estimate of drug-likeness (QED) is 0.846. The largest absolute Gasteiger partial charge is 0.479 e. The molecule has 21 heavy (non-hydrogen) atoms. The number of anilines is 1. The maximum absolute atomic E-state index is 8.46. The van der Waals surface area contributed by atoms with Gasteiger partial charge in [0.05, 0.1) is 12.3 Å². The highest BCUT2D eigenvalue weighted by atomic mass is 16.5. The zero-order valence-corrected chi connectivity index (χ0v) is 11.9. The molecule has 0 aliphatic heterocycles. The highest BCUT2D eigenvalue weighted by Gasteiger charge is 2.03. The molecule has 0 saturated heterocycles. The fraction of sp³-hybridized carbons (Fsp3) is 0.250. The standard InChI is InChI=1S/C16H17N3O2/c1-2-20-16-15(4-3-10-18-16)19-12-13-5-7-14(8-6-13)21-11-9-17/h3-8,10,19H,2,11-12H2,1H3. The van der Waals surface area contributed by atoms with E-state index in [2.05, 4.69) is 10.3 Å². The Hall–Kier alpha value is -2.74. The minimum atomic E-state index is 0.0605. The second-order valence-corrected chi connectivity index (χ2v) is 4.23. The van der Waals surface area contributed by atoms with Gasteiger partial charge in [0.1, 0.15) is 11.8 Å². The average molecular weight is 283 g/mol. The molecule has 0 fully saturated rings. The molecule has 1 heterocycles. The van der Waals surface area contributed by atoms with Gasteiger partial charge in [0.15, 0.2) is 6.61 Å². The van der Waals surface area contributed by atoms with Gasteiger partial charge in [0.25, 0.3) is 0 Å². The molecule has 0 spiro atoms. The van der Waals surface area contributed by atoms with Crippen molar-refractivity contribution in [1.82, 2.24) is 4.98 Å². The molecule has 0 aliphatic carbocycles. The van der Waals surface area contributed by atoms with E-state index in [1.807, 2.05) is 49.4 Å². The summed E-state index contributed by atoms with van der Waals surface area (Å²) in [5, 5.41) is 11.8. The molecule has 2 rings (SSSR count). The Morgan fingerprint density at radius 1 is 1.19 bits per heavy atom. The SMILES string of the molecule is CCOc1ncccc1NCc1ccc(OCC#N)cc1. The summed E-state index contributed by atoms with van der Waals surface area (Å²) in [5.41, 5.74) is 1.97. The lowest BCUT2D eigenvalue weighted by molar-refractivity contribution is 0.328. The summed E-state index contributed by atoms with van der Waals surface area (Å²) in [6, 6.07) is 13.3. The Balaban J connectivity index is 1.95. The highest BCUT2D eigenvalue weighted by Crippen LogP contribution is 2.21. The maximum atomic E-state index is 8.46. The second-order valence-electron chi connectivity index (χ2n) is 4.23. The number of hydrogen-bond acceptors (Lipinski definition) is 5. The highest BCUT2D eigenvalue weighted by molar-refractivity contribution is 5.52. The number of pyridine rings is 1. The first-order valence-corrected chi connectivity index (χ1v) is 6.74. The molecular formula is C16H17N3O2. The molecule has 1 aromatic heterocycles. The first-order valence-electron chi connectivity index (χ1n) is 6.74. The smallest absolute Gasteiger partial charge is 0.237 e. The van der Waals surface area contributed by atoms with Crippen LogP contribution in [0.5, 0.6) is 11.6 Å². The summed E-state index contributed by atoms with van der Waals surface area (Å²) in [5.74, 6) is 1.30. The van der Waals surface area contributed by atoms with Crippen molar-refractivity contribution < 1.29 is 9.47 Å². The monoisotopic (exact) mass is 283 g/mol. The molecule has 0 unspecified atom stereocenters. The first kappa shape index (κ1) is 14.7. The predicted molar refractivity (Wildman–Crippen MR) is 80.3 cm³/mol. The van der Waals surface area contributed by atoms with E-state index in [1.54, 1.807) is 6.20 Å². The molecule has 1 aromatic carbocycles. The zero-order valence-electron chi connectivity index (χ0n) is 11.9. The van der Waals surface area contributed by atoms with Gasteiger partial charge in [-0.1, -0.05) is 12.1 Å². The molecule has 0 atom stereocenters. The summed E-state index contributed by atoms with van der Waals surface area (Å²) in [6.45, 7) is 3.23. The number of nitrogens with one attached hydrogen (secondary N) is 1. The van der Waals surface area contributed by atoms with Gasteiger partial charge in [-0.2, -0.15) is 5.26 Å². The van der Waals surface area contributed by atoms with Crippen LogP contribution < -0.4 is 14.8 Å². The van der Waals surface area contributed by atoms with Crippen LogP contribution in [-0.4, -0.2) is 18.2 Å². The lowest BCUT2D eigenvalue weighted by Gasteiger charge is -2.11. The molecular weight excluding hydrogens is 266 g/mol. The summed E-state index contributed by atoms with van der Waals surface area (Å²) >= 11 is 0. The van der Waals surface area contributed by atoms with E-state index in [9.17, 15) is 0 Å². The van der Waals surface area contributed by atoms with Crippen molar-refractivity contribution in [2.24, 2.45) is 0 Å². The first-order chi connectivity index (χ1) is 10.3.